The first-order chi connectivity index (χ1) is 11.1. The molecule has 2 rings (SSSR count). The van der Waals surface area contributed by atoms with E-state index < -0.39 is 23.4 Å². The SMILES string of the molecule is Cc1cc(O)cc(F)c1C(=O)N1CCN(C(=O)OC(C)(C)C)CC1. The molecule has 0 spiro atoms. The van der Waals surface area contributed by atoms with Crippen molar-refractivity contribution < 1.29 is 23.8 Å². The summed E-state index contributed by atoms with van der Waals surface area (Å²) in [6.07, 6.45) is -0.415. The van der Waals surface area contributed by atoms with Crippen LogP contribution in [-0.2, 0) is 4.74 Å². The van der Waals surface area contributed by atoms with E-state index in [9.17, 15) is 19.1 Å². The van der Waals surface area contributed by atoms with Gasteiger partial charge in [-0.1, -0.05) is 0 Å². The molecule has 0 aliphatic carbocycles. The van der Waals surface area contributed by atoms with E-state index in [1.165, 1.54) is 15.9 Å². The first-order valence-electron chi connectivity index (χ1n) is 7.85. The molecule has 1 heterocycles. The number of phenols is 1. The Balaban J connectivity index is 2.02. The molecule has 0 unspecified atom stereocenters. The third-order valence-electron chi connectivity index (χ3n) is 3.70. The summed E-state index contributed by atoms with van der Waals surface area (Å²) in [5.41, 5.74) is -0.235. The number of benzene rings is 1. The first kappa shape index (κ1) is 18.0. The highest BCUT2D eigenvalue weighted by atomic mass is 19.1. The lowest BCUT2D eigenvalue weighted by atomic mass is 10.1. The molecule has 2 amide bonds. The number of aromatic hydroxyl groups is 1. The van der Waals surface area contributed by atoms with Gasteiger partial charge in [-0.3, -0.25) is 4.79 Å². The number of carbonyl (C=O) groups excluding carboxylic acids is 2. The van der Waals surface area contributed by atoms with E-state index in [4.69, 9.17) is 4.74 Å². The van der Waals surface area contributed by atoms with Crippen molar-refractivity contribution in [3.63, 3.8) is 0 Å². The molecular formula is C17H23FN2O4. The summed E-state index contributed by atoms with van der Waals surface area (Å²) in [6, 6.07) is 2.28. The number of halogens is 1. The maximum atomic E-state index is 14.0. The second-order valence-corrected chi connectivity index (χ2v) is 6.88. The van der Waals surface area contributed by atoms with Crippen LogP contribution in [0.25, 0.3) is 0 Å². The van der Waals surface area contributed by atoms with Crippen LogP contribution >= 0.6 is 0 Å². The number of aryl methyl sites for hydroxylation is 1. The predicted molar refractivity (Wildman–Crippen MR) is 86.5 cm³/mol. The number of phenolic OH excluding ortho intramolecular Hbond substituents is 1. The third kappa shape index (κ3) is 4.15. The van der Waals surface area contributed by atoms with E-state index in [-0.39, 0.29) is 11.3 Å². The van der Waals surface area contributed by atoms with Gasteiger partial charge >= 0.3 is 6.09 Å². The number of amides is 2. The van der Waals surface area contributed by atoms with Gasteiger partial charge in [0.1, 0.15) is 17.2 Å². The Morgan fingerprint density at radius 1 is 1.12 bits per heavy atom. The molecule has 6 nitrogen and oxygen atoms in total. The number of ether oxygens (including phenoxy) is 1. The molecule has 1 aliphatic rings. The van der Waals surface area contributed by atoms with Crippen LogP contribution in [0.4, 0.5) is 9.18 Å². The van der Waals surface area contributed by atoms with Gasteiger partial charge in [-0.2, -0.15) is 0 Å². The molecule has 0 radical (unpaired) electrons. The van der Waals surface area contributed by atoms with Crippen molar-refractivity contribution in [1.82, 2.24) is 9.80 Å². The molecule has 1 fully saturated rings. The van der Waals surface area contributed by atoms with Gasteiger partial charge in [0, 0.05) is 32.2 Å². The van der Waals surface area contributed by atoms with Gasteiger partial charge in [-0.05, 0) is 39.3 Å². The molecule has 1 saturated heterocycles. The molecule has 0 bridgehead atoms. The highest BCUT2D eigenvalue weighted by Crippen LogP contribution is 2.22. The fourth-order valence-electron chi connectivity index (χ4n) is 2.57. The summed E-state index contributed by atoms with van der Waals surface area (Å²) in [6.45, 7) is 8.23. The van der Waals surface area contributed by atoms with Crippen LogP contribution in [-0.4, -0.2) is 58.7 Å². The van der Waals surface area contributed by atoms with Crippen LogP contribution in [0.5, 0.6) is 5.75 Å². The van der Waals surface area contributed by atoms with Crippen molar-refractivity contribution in [2.75, 3.05) is 26.2 Å². The van der Waals surface area contributed by atoms with E-state index in [1.807, 2.05) is 0 Å². The minimum absolute atomic E-state index is 0.0430. The highest BCUT2D eigenvalue weighted by Gasteiger charge is 2.29. The van der Waals surface area contributed by atoms with E-state index in [1.54, 1.807) is 27.7 Å². The fourth-order valence-corrected chi connectivity index (χ4v) is 2.57. The molecule has 1 aromatic rings. The van der Waals surface area contributed by atoms with Crippen LogP contribution in [0.1, 0.15) is 36.7 Å². The molecule has 0 atom stereocenters. The Kier molecular flexibility index (Phi) is 5.01. The average Bonchev–Trinajstić information content (AvgIpc) is 2.44. The van der Waals surface area contributed by atoms with Crippen molar-refractivity contribution in [3.05, 3.63) is 29.1 Å². The minimum Gasteiger partial charge on any atom is -0.508 e. The maximum absolute atomic E-state index is 14.0. The smallest absolute Gasteiger partial charge is 0.410 e. The van der Waals surface area contributed by atoms with Crippen molar-refractivity contribution in [2.24, 2.45) is 0 Å². The van der Waals surface area contributed by atoms with Gasteiger partial charge in [-0.25, -0.2) is 9.18 Å². The van der Waals surface area contributed by atoms with Crippen LogP contribution in [0.3, 0.4) is 0 Å². The lowest BCUT2D eigenvalue weighted by Crippen LogP contribution is -2.51. The Labute approximate surface area is 140 Å². The summed E-state index contributed by atoms with van der Waals surface area (Å²) >= 11 is 0. The van der Waals surface area contributed by atoms with Crippen molar-refractivity contribution in [3.8, 4) is 5.75 Å². The van der Waals surface area contributed by atoms with Crippen LogP contribution in [0, 0.1) is 12.7 Å². The summed E-state index contributed by atoms with van der Waals surface area (Å²) < 4.78 is 19.3. The van der Waals surface area contributed by atoms with Crippen molar-refractivity contribution >= 4 is 12.0 Å². The van der Waals surface area contributed by atoms with Crippen LogP contribution < -0.4 is 0 Å². The summed E-state index contributed by atoms with van der Waals surface area (Å²) in [5, 5.41) is 9.38. The number of hydrogen-bond acceptors (Lipinski definition) is 4. The summed E-state index contributed by atoms with van der Waals surface area (Å²) in [5.74, 6) is -1.39. The Hall–Kier alpha value is -2.31. The second-order valence-electron chi connectivity index (χ2n) is 6.88. The number of carbonyl (C=O) groups is 2. The molecule has 132 valence electrons. The normalized spacial score (nSPS) is 15.4. The zero-order valence-electron chi connectivity index (χ0n) is 14.4. The minimum atomic E-state index is -0.743. The van der Waals surface area contributed by atoms with E-state index in [0.717, 1.165) is 6.07 Å². The molecule has 7 heteroatoms. The molecule has 1 aliphatic heterocycles. The number of piperazine rings is 1. The van der Waals surface area contributed by atoms with E-state index in [0.29, 0.717) is 31.7 Å². The quantitative estimate of drug-likeness (QED) is 0.854. The largest absolute Gasteiger partial charge is 0.508 e. The maximum Gasteiger partial charge on any atom is 0.410 e. The predicted octanol–water partition coefficient (Wildman–Crippen LogP) is 2.53. The lowest BCUT2D eigenvalue weighted by Gasteiger charge is -2.35. The van der Waals surface area contributed by atoms with Crippen molar-refractivity contribution in [2.45, 2.75) is 33.3 Å². The van der Waals surface area contributed by atoms with Crippen LogP contribution in [0.15, 0.2) is 12.1 Å². The number of nitrogens with zero attached hydrogens (tertiary/aromatic N) is 2. The molecule has 24 heavy (non-hydrogen) atoms. The zero-order valence-corrected chi connectivity index (χ0v) is 14.4. The van der Waals surface area contributed by atoms with Gasteiger partial charge in [0.2, 0.25) is 0 Å². The zero-order chi connectivity index (χ0) is 18.1. The highest BCUT2D eigenvalue weighted by molar-refractivity contribution is 5.96. The second kappa shape index (κ2) is 6.67. The topological polar surface area (TPSA) is 70.1 Å². The van der Waals surface area contributed by atoms with Gasteiger partial charge in [0.15, 0.2) is 0 Å². The van der Waals surface area contributed by atoms with Gasteiger partial charge in [-0.15, -0.1) is 0 Å². The average molecular weight is 338 g/mol. The fraction of sp³-hybridized carbons (Fsp3) is 0.529. The molecule has 1 aromatic carbocycles. The number of hydrogen-bond donors (Lipinski definition) is 1. The van der Waals surface area contributed by atoms with Crippen molar-refractivity contribution in [1.29, 1.82) is 0 Å². The standard InChI is InChI=1S/C17H23FN2O4/c1-11-9-12(21)10-13(18)14(11)15(22)19-5-7-20(8-6-19)16(23)24-17(2,3)4/h9-10,21H,5-8H2,1-4H3. The summed E-state index contributed by atoms with van der Waals surface area (Å²) in [7, 11) is 0. The van der Waals surface area contributed by atoms with Crippen LogP contribution in [0.2, 0.25) is 0 Å². The third-order valence-corrected chi connectivity index (χ3v) is 3.70. The Bertz CT molecular complexity index is 623. The van der Waals surface area contributed by atoms with Gasteiger partial charge in [0.05, 0.1) is 5.56 Å². The number of rotatable bonds is 1. The monoisotopic (exact) mass is 338 g/mol. The molecular weight excluding hydrogens is 315 g/mol. The Morgan fingerprint density at radius 3 is 2.17 bits per heavy atom. The Morgan fingerprint density at radius 2 is 1.67 bits per heavy atom. The molecule has 0 aromatic heterocycles. The van der Waals surface area contributed by atoms with E-state index >= 15 is 0 Å². The molecule has 0 saturated carbocycles. The first-order valence-corrected chi connectivity index (χ1v) is 7.85. The van der Waals surface area contributed by atoms with Gasteiger partial charge < -0.3 is 19.6 Å². The lowest BCUT2D eigenvalue weighted by molar-refractivity contribution is 0.0140. The molecule has 1 N–H and O–H groups in total. The van der Waals surface area contributed by atoms with E-state index in [2.05, 4.69) is 0 Å². The summed E-state index contributed by atoms with van der Waals surface area (Å²) in [4.78, 5) is 27.6. The van der Waals surface area contributed by atoms with Gasteiger partial charge in [0.25, 0.3) is 5.91 Å².